The van der Waals surface area contributed by atoms with Crippen LogP contribution < -0.4 is 8.91 Å². The van der Waals surface area contributed by atoms with E-state index >= 15 is 0 Å². The van der Waals surface area contributed by atoms with Crippen LogP contribution in [0.2, 0.25) is 10.0 Å². The van der Waals surface area contributed by atoms with Crippen molar-refractivity contribution >= 4 is 53.7 Å². The maximum Gasteiger partial charge on any atom is 0.410 e. The van der Waals surface area contributed by atoms with Crippen LogP contribution in [0, 0.1) is 5.92 Å². The van der Waals surface area contributed by atoms with Gasteiger partial charge in [0.05, 0.1) is 10.0 Å². The zero-order valence-electron chi connectivity index (χ0n) is 20.6. The van der Waals surface area contributed by atoms with E-state index in [0.29, 0.717) is 28.8 Å². The molecule has 0 saturated carbocycles. The van der Waals surface area contributed by atoms with E-state index in [2.05, 4.69) is 25.5 Å². The molecule has 1 amide bonds. The third-order valence-corrected chi connectivity index (χ3v) is 7.25. The van der Waals surface area contributed by atoms with Crippen molar-refractivity contribution in [3.05, 3.63) is 27.7 Å². The van der Waals surface area contributed by atoms with E-state index in [1.54, 1.807) is 29.0 Å². The topological polar surface area (TPSA) is 50.8 Å². The van der Waals surface area contributed by atoms with E-state index in [9.17, 15) is 8.68 Å². The lowest BCUT2D eigenvalue weighted by Crippen LogP contribution is -2.55. The van der Waals surface area contributed by atoms with Crippen molar-refractivity contribution in [2.45, 2.75) is 90.2 Å². The number of hydrogen-bond donors (Lipinski definition) is 1. The molecule has 1 saturated heterocycles. The highest BCUT2D eigenvalue weighted by Gasteiger charge is 2.43. The Labute approximate surface area is 216 Å². The summed E-state index contributed by atoms with van der Waals surface area (Å²) >= 11 is 13.9. The summed E-state index contributed by atoms with van der Waals surface area (Å²) in [5.41, 5.74) is -0.268. The molecule has 1 aromatic carbocycles. The largest absolute Gasteiger partial charge is 0.444 e. The van der Waals surface area contributed by atoms with E-state index < -0.39 is 11.1 Å². The number of rotatable bonds is 6. The Kier molecular flexibility index (Phi) is 9.58. The zero-order valence-corrected chi connectivity index (χ0v) is 23.7. The molecule has 33 heavy (non-hydrogen) atoms. The van der Waals surface area contributed by atoms with Gasteiger partial charge in [0, 0.05) is 34.5 Å². The number of nitrogens with one attached hydrogen (secondary N) is 1. The molecule has 1 aliphatic heterocycles. The van der Waals surface area contributed by atoms with Crippen LogP contribution in [-0.2, 0) is 4.74 Å². The third kappa shape index (κ3) is 8.27. The van der Waals surface area contributed by atoms with Crippen molar-refractivity contribution in [2.24, 2.45) is 5.92 Å². The molecule has 2 unspecified atom stereocenters. The Morgan fingerprint density at radius 1 is 1.21 bits per heavy atom. The lowest BCUT2D eigenvalue weighted by atomic mass is 9.77. The van der Waals surface area contributed by atoms with Crippen LogP contribution in [-0.4, -0.2) is 33.4 Å². The molecule has 10 heteroatoms. The molecule has 5 nitrogen and oxygen atoms in total. The molecule has 0 aliphatic carbocycles. The number of halogens is 3. The highest BCUT2D eigenvalue weighted by Crippen LogP contribution is 2.45. The summed E-state index contributed by atoms with van der Waals surface area (Å²) in [4.78, 5) is 14.6. The fraction of sp³-hybridized carbons (Fsp3) is 0.696. The molecule has 0 bridgehead atoms. The summed E-state index contributed by atoms with van der Waals surface area (Å²) in [6.07, 6.45) is 1.12. The second-order valence-corrected chi connectivity index (χ2v) is 13.7. The second kappa shape index (κ2) is 11.0. The predicted molar refractivity (Wildman–Crippen MR) is 139 cm³/mol. The van der Waals surface area contributed by atoms with Crippen molar-refractivity contribution in [3.8, 4) is 5.75 Å². The van der Waals surface area contributed by atoms with Crippen LogP contribution in [0.25, 0.3) is 0 Å². The molecule has 0 spiro atoms. The second-order valence-electron chi connectivity index (χ2n) is 11.0. The number of amides is 1. The highest BCUT2D eigenvalue weighted by atomic mass is 35.5. The summed E-state index contributed by atoms with van der Waals surface area (Å²) in [5.74, 6) is 0.453. The minimum absolute atomic E-state index is 0.0585. The summed E-state index contributed by atoms with van der Waals surface area (Å²) in [5, 5.41) is 0.674. The van der Waals surface area contributed by atoms with Gasteiger partial charge in [0.15, 0.2) is 0 Å². The van der Waals surface area contributed by atoms with E-state index in [1.165, 1.54) is 0 Å². The number of piperidine rings is 1. The Morgan fingerprint density at radius 3 is 2.33 bits per heavy atom. The summed E-state index contributed by atoms with van der Waals surface area (Å²) in [7, 11) is 0. The van der Waals surface area contributed by atoms with Crippen molar-refractivity contribution in [3.63, 3.8) is 0 Å². The van der Waals surface area contributed by atoms with Gasteiger partial charge in [0.2, 0.25) is 0 Å². The van der Waals surface area contributed by atoms with Crippen LogP contribution in [0.1, 0.15) is 79.8 Å². The van der Waals surface area contributed by atoms with Crippen LogP contribution in [0.5, 0.6) is 5.75 Å². The first-order valence-corrected chi connectivity index (χ1v) is 13.1. The van der Waals surface area contributed by atoms with Gasteiger partial charge in [-0.1, -0.05) is 35.1 Å². The van der Waals surface area contributed by atoms with Crippen LogP contribution in [0.15, 0.2) is 12.1 Å². The van der Waals surface area contributed by atoms with Crippen molar-refractivity contribution in [2.75, 3.05) is 6.54 Å². The summed E-state index contributed by atoms with van der Waals surface area (Å²) < 4.78 is 27.5. The van der Waals surface area contributed by atoms with Gasteiger partial charge in [-0.25, -0.2) is 4.79 Å². The molecule has 1 N–H and O–H groups in total. The predicted octanol–water partition coefficient (Wildman–Crippen LogP) is 8.41. The number of ether oxygens (including phenoxy) is 1. The molecule has 0 aromatic heterocycles. The minimum Gasteiger partial charge on any atom is -0.444 e. The molecule has 1 heterocycles. The first kappa shape index (κ1) is 28.7. The molecule has 2 rings (SSSR count). The van der Waals surface area contributed by atoms with E-state index in [-0.39, 0.29) is 35.2 Å². The Bertz CT molecular complexity index is 844. The lowest BCUT2D eigenvalue weighted by molar-refractivity contribution is -0.0174. The SMILES string of the molecule is CC(C)(C)OC(=O)N1CCC(C(NSC(C)(C)C)c2cc(Cl)c(Cl)cc2OSF)CC1(C)C. The van der Waals surface area contributed by atoms with Crippen molar-refractivity contribution in [1.29, 1.82) is 0 Å². The maximum absolute atomic E-state index is 13.1. The van der Waals surface area contributed by atoms with E-state index in [0.717, 1.165) is 12.0 Å². The number of benzene rings is 1. The van der Waals surface area contributed by atoms with Crippen molar-refractivity contribution < 1.29 is 17.6 Å². The number of hydrogen-bond acceptors (Lipinski definition) is 6. The van der Waals surface area contributed by atoms with Gasteiger partial charge in [-0.15, -0.1) is 3.89 Å². The number of carbonyl (C=O) groups is 1. The standard InChI is InChI=1S/C23H35Cl2FN2O3S2/c1-21(2,3)30-20(29)28-10-9-14(13-23(28,7)8)19(27-32-22(4,5)6)15-11-16(24)17(25)12-18(15)31-33-26/h11-12,14,19,27H,9-10,13H2,1-8H3. The lowest BCUT2D eigenvalue weighted by Gasteiger charge is -2.47. The Morgan fingerprint density at radius 2 is 1.82 bits per heavy atom. The van der Waals surface area contributed by atoms with Gasteiger partial charge in [-0.2, -0.15) is 0 Å². The molecule has 2 atom stereocenters. The average molecular weight is 542 g/mol. The summed E-state index contributed by atoms with van der Waals surface area (Å²) in [6, 6.07) is 3.08. The molecule has 1 fully saturated rings. The third-order valence-electron chi connectivity index (χ3n) is 5.30. The maximum atomic E-state index is 13.1. The highest BCUT2D eigenvalue weighted by molar-refractivity contribution is 7.98. The summed E-state index contributed by atoms with van der Waals surface area (Å²) in [6.45, 7) is 16.6. The molecular formula is C23H35Cl2FN2O3S2. The molecule has 1 aromatic rings. The van der Waals surface area contributed by atoms with Crippen molar-refractivity contribution in [1.82, 2.24) is 9.62 Å². The first-order valence-electron chi connectivity index (χ1n) is 10.9. The van der Waals surface area contributed by atoms with Crippen LogP contribution in [0.3, 0.4) is 0 Å². The normalized spacial score (nSPS) is 19.8. The molecule has 0 radical (unpaired) electrons. The minimum atomic E-state index is -0.562. The van der Waals surface area contributed by atoms with Crippen LogP contribution in [0.4, 0.5) is 8.68 Å². The van der Waals surface area contributed by atoms with Gasteiger partial charge >= 0.3 is 6.09 Å². The fourth-order valence-corrected chi connectivity index (χ4v) is 5.28. The molecular weight excluding hydrogens is 506 g/mol. The zero-order chi connectivity index (χ0) is 25.2. The van der Waals surface area contributed by atoms with Crippen LogP contribution >= 0.6 is 47.6 Å². The first-order chi connectivity index (χ1) is 15.0. The fourth-order valence-electron chi connectivity index (χ4n) is 3.94. The monoisotopic (exact) mass is 540 g/mol. The average Bonchev–Trinajstić information content (AvgIpc) is 2.62. The Hall–Kier alpha value is -0.540. The van der Waals surface area contributed by atoms with Gasteiger partial charge < -0.3 is 13.8 Å². The Balaban J connectivity index is 2.38. The van der Waals surface area contributed by atoms with Gasteiger partial charge in [-0.05, 0) is 80.2 Å². The van der Waals surface area contributed by atoms with Gasteiger partial charge in [0.25, 0.3) is 12.4 Å². The van der Waals surface area contributed by atoms with Gasteiger partial charge in [0.1, 0.15) is 11.4 Å². The number of nitrogens with zero attached hydrogens (tertiary/aromatic N) is 1. The van der Waals surface area contributed by atoms with E-state index in [1.807, 2.05) is 34.6 Å². The quantitative estimate of drug-likeness (QED) is 0.288. The smallest absolute Gasteiger partial charge is 0.410 e. The van der Waals surface area contributed by atoms with Gasteiger partial charge in [-0.3, -0.25) is 4.72 Å². The molecule has 188 valence electrons. The number of carbonyl (C=O) groups excluding carboxylic acids is 1. The molecule has 1 aliphatic rings. The van der Waals surface area contributed by atoms with E-state index in [4.69, 9.17) is 32.1 Å². The number of likely N-dealkylation sites (tertiary alicyclic amines) is 1.